The quantitative estimate of drug-likeness (QED) is 0.827. The monoisotopic (exact) mass is 234 g/mol. The first-order chi connectivity index (χ1) is 7.41. The molecule has 0 aliphatic carbocycles. The standard InChI is InChI=1S/C10H13F3N2O/c1-7-2-3-14-4-8(7)5-15-6-9(16)10(11,12)13/h2-4,9,15-16H,5-6H2,1H3. The van der Waals surface area contributed by atoms with Gasteiger partial charge in [-0.05, 0) is 24.1 Å². The molecule has 1 unspecified atom stereocenters. The van der Waals surface area contributed by atoms with Crippen LogP contribution in [0.5, 0.6) is 0 Å². The van der Waals surface area contributed by atoms with E-state index in [4.69, 9.17) is 5.11 Å². The molecule has 1 rings (SSSR count). The smallest absolute Gasteiger partial charge is 0.382 e. The topological polar surface area (TPSA) is 45.2 Å². The van der Waals surface area contributed by atoms with E-state index < -0.39 is 18.8 Å². The molecule has 1 atom stereocenters. The predicted octanol–water partition coefficient (Wildman–Crippen LogP) is 1.40. The van der Waals surface area contributed by atoms with Crippen molar-refractivity contribution in [2.45, 2.75) is 25.7 Å². The Hall–Kier alpha value is -1.14. The average molecular weight is 234 g/mol. The van der Waals surface area contributed by atoms with Crippen molar-refractivity contribution in [3.8, 4) is 0 Å². The molecule has 3 nitrogen and oxygen atoms in total. The van der Waals surface area contributed by atoms with Crippen LogP contribution in [0.3, 0.4) is 0 Å². The summed E-state index contributed by atoms with van der Waals surface area (Å²) in [6, 6.07) is 1.78. The Morgan fingerprint density at radius 2 is 2.19 bits per heavy atom. The fourth-order valence-electron chi connectivity index (χ4n) is 1.14. The number of alkyl halides is 3. The molecule has 1 aromatic heterocycles. The molecule has 0 fully saturated rings. The zero-order valence-electron chi connectivity index (χ0n) is 8.75. The Bertz CT molecular complexity index is 341. The van der Waals surface area contributed by atoms with Crippen molar-refractivity contribution in [2.24, 2.45) is 0 Å². The van der Waals surface area contributed by atoms with Crippen molar-refractivity contribution in [3.05, 3.63) is 29.6 Å². The molecule has 90 valence electrons. The molecule has 0 saturated heterocycles. The van der Waals surface area contributed by atoms with Gasteiger partial charge in [-0.25, -0.2) is 0 Å². The maximum atomic E-state index is 12.0. The Balaban J connectivity index is 2.40. The molecule has 0 aliphatic rings. The molecule has 0 radical (unpaired) electrons. The first-order valence-corrected chi connectivity index (χ1v) is 4.76. The SMILES string of the molecule is Cc1ccncc1CNCC(O)C(F)(F)F. The van der Waals surface area contributed by atoms with Crippen LogP contribution in [0.2, 0.25) is 0 Å². The number of aliphatic hydroxyl groups excluding tert-OH is 1. The number of aliphatic hydroxyl groups is 1. The summed E-state index contributed by atoms with van der Waals surface area (Å²) in [5.74, 6) is 0. The highest BCUT2D eigenvalue weighted by Crippen LogP contribution is 2.19. The summed E-state index contributed by atoms with van der Waals surface area (Å²) >= 11 is 0. The van der Waals surface area contributed by atoms with E-state index in [1.807, 2.05) is 6.92 Å². The highest BCUT2D eigenvalue weighted by Gasteiger charge is 2.37. The third kappa shape index (κ3) is 3.79. The van der Waals surface area contributed by atoms with Gasteiger partial charge in [0.25, 0.3) is 0 Å². The molecule has 1 heterocycles. The normalized spacial score (nSPS) is 13.8. The third-order valence-electron chi connectivity index (χ3n) is 2.18. The van der Waals surface area contributed by atoms with Gasteiger partial charge in [-0.3, -0.25) is 4.98 Å². The third-order valence-corrected chi connectivity index (χ3v) is 2.18. The molecule has 2 N–H and O–H groups in total. The van der Waals surface area contributed by atoms with Gasteiger partial charge in [-0.15, -0.1) is 0 Å². The average Bonchev–Trinajstić information content (AvgIpc) is 2.19. The van der Waals surface area contributed by atoms with E-state index in [2.05, 4.69) is 10.3 Å². The molecular weight excluding hydrogens is 221 g/mol. The van der Waals surface area contributed by atoms with E-state index in [1.54, 1.807) is 18.5 Å². The van der Waals surface area contributed by atoms with Crippen LogP contribution in [-0.4, -0.2) is 28.9 Å². The van der Waals surface area contributed by atoms with Gasteiger partial charge >= 0.3 is 6.18 Å². The molecule has 1 aromatic rings. The number of hydrogen-bond donors (Lipinski definition) is 2. The van der Waals surface area contributed by atoms with E-state index in [1.165, 1.54) is 0 Å². The van der Waals surface area contributed by atoms with Crippen molar-refractivity contribution in [2.75, 3.05) is 6.54 Å². The summed E-state index contributed by atoms with van der Waals surface area (Å²) in [6.07, 6.45) is -3.70. The Labute approximate surface area is 91.3 Å². The summed E-state index contributed by atoms with van der Waals surface area (Å²) in [5.41, 5.74) is 1.76. The molecule has 16 heavy (non-hydrogen) atoms. The minimum absolute atomic E-state index is 0.257. The number of pyridine rings is 1. The van der Waals surface area contributed by atoms with Gasteiger partial charge in [-0.2, -0.15) is 13.2 Å². The first-order valence-electron chi connectivity index (χ1n) is 4.76. The number of aryl methyl sites for hydroxylation is 1. The van der Waals surface area contributed by atoms with Gasteiger partial charge in [-0.1, -0.05) is 0 Å². The fraction of sp³-hybridized carbons (Fsp3) is 0.500. The number of hydrogen-bond acceptors (Lipinski definition) is 3. The van der Waals surface area contributed by atoms with Crippen molar-refractivity contribution in [3.63, 3.8) is 0 Å². The number of nitrogens with zero attached hydrogens (tertiary/aromatic N) is 1. The van der Waals surface area contributed by atoms with Crippen molar-refractivity contribution in [1.82, 2.24) is 10.3 Å². The van der Waals surface area contributed by atoms with Crippen LogP contribution in [0.15, 0.2) is 18.5 Å². The van der Waals surface area contributed by atoms with Crippen LogP contribution in [-0.2, 0) is 6.54 Å². The van der Waals surface area contributed by atoms with Crippen molar-refractivity contribution < 1.29 is 18.3 Å². The highest BCUT2D eigenvalue weighted by atomic mass is 19.4. The summed E-state index contributed by atoms with van der Waals surface area (Å²) in [7, 11) is 0. The predicted molar refractivity (Wildman–Crippen MR) is 52.7 cm³/mol. The second-order valence-electron chi connectivity index (χ2n) is 3.49. The van der Waals surface area contributed by atoms with Gasteiger partial charge in [0.1, 0.15) is 0 Å². The number of halogens is 3. The van der Waals surface area contributed by atoms with Crippen LogP contribution in [0.25, 0.3) is 0 Å². The van der Waals surface area contributed by atoms with Crippen molar-refractivity contribution >= 4 is 0 Å². The molecule has 0 saturated carbocycles. The fourth-order valence-corrected chi connectivity index (χ4v) is 1.14. The van der Waals surface area contributed by atoms with Crippen LogP contribution in [0, 0.1) is 6.92 Å². The van der Waals surface area contributed by atoms with E-state index in [0.29, 0.717) is 0 Å². The zero-order valence-corrected chi connectivity index (χ0v) is 8.75. The van der Waals surface area contributed by atoms with Crippen molar-refractivity contribution in [1.29, 1.82) is 0 Å². The molecule has 0 bridgehead atoms. The summed E-state index contributed by atoms with van der Waals surface area (Å²) < 4.78 is 35.9. The van der Waals surface area contributed by atoms with Crippen LogP contribution in [0.4, 0.5) is 13.2 Å². The van der Waals surface area contributed by atoms with Gasteiger partial charge in [0, 0.05) is 25.5 Å². The molecule has 0 aliphatic heterocycles. The lowest BCUT2D eigenvalue weighted by atomic mass is 10.1. The molecular formula is C10H13F3N2O. The van der Waals surface area contributed by atoms with Gasteiger partial charge in [0.2, 0.25) is 0 Å². The second-order valence-corrected chi connectivity index (χ2v) is 3.49. The van der Waals surface area contributed by atoms with E-state index in [-0.39, 0.29) is 6.54 Å². The lowest BCUT2D eigenvalue weighted by molar-refractivity contribution is -0.201. The summed E-state index contributed by atoms with van der Waals surface area (Å²) in [5, 5.41) is 11.3. The van der Waals surface area contributed by atoms with Crippen LogP contribution < -0.4 is 5.32 Å². The minimum Gasteiger partial charge on any atom is -0.382 e. The largest absolute Gasteiger partial charge is 0.415 e. The van der Waals surface area contributed by atoms with E-state index in [0.717, 1.165) is 11.1 Å². The lowest BCUT2D eigenvalue weighted by Gasteiger charge is -2.15. The van der Waals surface area contributed by atoms with Crippen LogP contribution >= 0.6 is 0 Å². The number of nitrogens with one attached hydrogen (secondary N) is 1. The maximum absolute atomic E-state index is 12.0. The van der Waals surface area contributed by atoms with Gasteiger partial charge in [0.15, 0.2) is 6.10 Å². The Morgan fingerprint density at radius 1 is 1.50 bits per heavy atom. The molecule has 0 aromatic carbocycles. The van der Waals surface area contributed by atoms with E-state index in [9.17, 15) is 13.2 Å². The zero-order chi connectivity index (χ0) is 12.2. The van der Waals surface area contributed by atoms with E-state index >= 15 is 0 Å². The summed E-state index contributed by atoms with van der Waals surface area (Å²) in [4.78, 5) is 3.87. The Kier molecular flexibility index (Phi) is 4.26. The molecule has 0 amide bonds. The second kappa shape index (κ2) is 5.27. The van der Waals surface area contributed by atoms with Gasteiger partial charge < -0.3 is 10.4 Å². The Morgan fingerprint density at radius 3 is 2.75 bits per heavy atom. The first kappa shape index (κ1) is 12.9. The number of aromatic nitrogens is 1. The maximum Gasteiger partial charge on any atom is 0.415 e. The minimum atomic E-state index is -4.57. The van der Waals surface area contributed by atoms with Crippen LogP contribution in [0.1, 0.15) is 11.1 Å². The lowest BCUT2D eigenvalue weighted by Crippen LogP contribution is -2.38. The summed E-state index contributed by atoms with van der Waals surface area (Å²) in [6.45, 7) is 1.59. The molecule has 6 heteroatoms. The highest BCUT2D eigenvalue weighted by molar-refractivity contribution is 5.20. The van der Waals surface area contributed by atoms with Gasteiger partial charge in [0.05, 0.1) is 0 Å². The number of rotatable bonds is 4. The molecule has 0 spiro atoms.